The van der Waals surface area contributed by atoms with Gasteiger partial charge in [-0.2, -0.15) is 0 Å². The van der Waals surface area contributed by atoms with Crippen molar-refractivity contribution in [3.05, 3.63) is 88.7 Å². The Kier molecular flexibility index (Phi) is 7.63. The molecule has 4 nitrogen and oxygen atoms in total. The van der Waals surface area contributed by atoms with Crippen molar-refractivity contribution >= 4 is 5.97 Å². The number of methoxy groups -OCH3 is 1. The van der Waals surface area contributed by atoms with E-state index < -0.39 is 5.97 Å². The maximum Gasteiger partial charge on any atom is 0.306 e. The van der Waals surface area contributed by atoms with Crippen molar-refractivity contribution in [2.45, 2.75) is 51.7 Å². The van der Waals surface area contributed by atoms with Crippen LogP contribution in [0.15, 0.2) is 60.7 Å². The summed E-state index contributed by atoms with van der Waals surface area (Å²) in [6.45, 7) is 1.97. The molecule has 178 valence electrons. The van der Waals surface area contributed by atoms with Gasteiger partial charge < -0.3 is 14.6 Å². The Hall–Kier alpha value is -3.18. The smallest absolute Gasteiger partial charge is 0.306 e. The summed E-state index contributed by atoms with van der Waals surface area (Å²) in [5.41, 5.74) is 6.41. The van der Waals surface area contributed by atoms with Crippen LogP contribution in [0.2, 0.25) is 0 Å². The van der Waals surface area contributed by atoms with E-state index in [9.17, 15) is 9.18 Å². The van der Waals surface area contributed by atoms with Crippen molar-refractivity contribution < 1.29 is 23.8 Å². The molecule has 2 atom stereocenters. The monoisotopic (exact) mass is 462 g/mol. The predicted octanol–water partition coefficient (Wildman–Crippen LogP) is 6.75. The second-order valence-electron chi connectivity index (χ2n) is 9.04. The molecule has 1 aliphatic carbocycles. The molecule has 0 aromatic heterocycles. The third-order valence-electron chi connectivity index (χ3n) is 6.67. The van der Waals surface area contributed by atoms with Gasteiger partial charge in [-0.05, 0) is 89.8 Å². The molecular formula is C29H31FO4. The number of carboxylic acids is 1. The van der Waals surface area contributed by atoms with E-state index in [0.29, 0.717) is 18.6 Å². The summed E-state index contributed by atoms with van der Waals surface area (Å²) in [5, 5.41) is 9.04. The Balaban J connectivity index is 1.48. The van der Waals surface area contributed by atoms with Gasteiger partial charge in [0.25, 0.3) is 0 Å². The standard InChI is InChI=1S/C29H31FO4/c1-19(29(31)32)6-7-20-8-12-25(13-9-20)34-18-23-17-24(30)11-15-26(23)22-10-14-27-21(16-22)4-3-5-28(27)33-2/h8-17,19,28H,3-7,18H2,1-2H3,(H,31,32). The van der Waals surface area contributed by atoms with Crippen LogP contribution in [0.5, 0.6) is 5.75 Å². The summed E-state index contributed by atoms with van der Waals surface area (Å²) in [4.78, 5) is 11.0. The summed E-state index contributed by atoms with van der Waals surface area (Å²) >= 11 is 0. The first kappa shape index (κ1) is 24.0. The van der Waals surface area contributed by atoms with Gasteiger partial charge in [-0.25, -0.2) is 4.39 Å². The van der Waals surface area contributed by atoms with Crippen molar-refractivity contribution in [2.24, 2.45) is 5.92 Å². The molecule has 2 unspecified atom stereocenters. The van der Waals surface area contributed by atoms with Gasteiger partial charge in [0, 0.05) is 7.11 Å². The number of aryl methyl sites for hydroxylation is 2. The van der Waals surface area contributed by atoms with Crippen LogP contribution < -0.4 is 4.74 Å². The zero-order valence-corrected chi connectivity index (χ0v) is 19.7. The van der Waals surface area contributed by atoms with Gasteiger partial charge in [-0.1, -0.05) is 43.3 Å². The molecule has 1 N–H and O–H groups in total. The van der Waals surface area contributed by atoms with E-state index >= 15 is 0 Å². The second-order valence-corrected chi connectivity index (χ2v) is 9.04. The molecule has 1 aliphatic rings. The Bertz CT molecular complexity index is 1140. The fourth-order valence-electron chi connectivity index (χ4n) is 4.57. The van der Waals surface area contributed by atoms with Gasteiger partial charge in [0.15, 0.2) is 0 Å². The molecule has 0 spiro atoms. The van der Waals surface area contributed by atoms with E-state index in [1.807, 2.05) is 30.3 Å². The van der Waals surface area contributed by atoms with E-state index in [2.05, 4.69) is 18.2 Å². The highest BCUT2D eigenvalue weighted by Gasteiger charge is 2.20. The van der Waals surface area contributed by atoms with Gasteiger partial charge in [-0.3, -0.25) is 4.79 Å². The number of carbonyl (C=O) groups is 1. The number of ether oxygens (including phenoxy) is 2. The Labute approximate surface area is 200 Å². The number of fused-ring (bicyclic) bond motifs is 1. The predicted molar refractivity (Wildman–Crippen MR) is 130 cm³/mol. The normalized spacial score (nSPS) is 16.0. The first-order valence-electron chi connectivity index (χ1n) is 11.8. The maximum absolute atomic E-state index is 14.1. The first-order valence-corrected chi connectivity index (χ1v) is 11.8. The minimum absolute atomic E-state index is 0.143. The number of aliphatic carboxylic acids is 1. The fraction of sp³-hybridized carbons (Fsp3) is 0.345. The molecule has 3 aromatic carbocycles. The number of rotatable bonds is 9. The molecule has 0 radical (unpaired) electrons. The summed E-state index contributed by atoms with van der Waals surface area (Å²) in [6, 6.07) is 18.9. The van der Waals surface area contributed by atoms with Crippen molar-refractivity contribution in [2.75, 3.05) is 7.11 Å². The van der Waals surface area contributed by atoms with Crippen LogP contribution in [0, 0.1) is 11.7 Å². The average molecular weight is 463 g/mol. The zero-order chi connectivity index (χ0) is 24.1. The molecule has 0 bridgehead atoms. The molecule has 0 saturated heterocycles. The second kappa shape index (κ2) is 10.8. The van der Waals surface area contributed by atoms with Crippen LogP contribution in [0.3, 0.4) is 0 Å². The lowest BCUT2D eigenvalue weighted by Crippen LogP contribution is -2.11. The molecule has 0 heterocycles. The number of hydrogen-bond donors (Lipinski definition) is 1. The van der Waals surface area contributed by atoms with E-state index in [1.54, 1.807) is 14.0 Å². The van der Waals surface area contributed by atoms with Gasteiger partial charge >= 0.3 is 5.97 Å². The van der Waals surface area contributed by atoms with Crippen LogP contribution >= 0.6 is 0 Å². The Morgan fingerprint density at radius 3 is 2.65 bits per heavy atom. The van der Waals surface area contributed by atoms with Crippen LogP contribution in [0.25, 0.3) is 11.1 Å². The lowest BCUT2D eigenvalue weighted by atomic mass is 9.86. The summed E-state index contributed by atoms with van der Waals surface area (Å²) < 4.78 is 25.7. The van der Waals surface area contributed by atoms with Crippen molar-refractivity contribution in [3.63, 3.8) is 0 Å². The van der Waals surface area contributed by atoms with E-state index in [0.717, 1.165) is 41.5 Å². The fourth-order valence-corrected chi connectivity index (χ4v) is 4.57. The lowest BCUT2D eigenvalue weighted by Gasteiger charge is -2.25. The third kappa shape index (κ3) is 5.65. The largest absolute Gasteiger partial charge is 0.489 e. The minimum Gasteiger partial charge on any atom is -0.489 e. The highest BCUT2D eigenvalue weighted by molar-refractivity contribution is 5.69. The number of carboxylic acid groups (broad SMARTS) is 1. The summed E-state index contributed by atoms with van der Waals surface area (Å²) in [6.07, 6.45) is 4.59. The summed E-state index contributed by atoms with van der Waals surface area (Å²) in [7, 11) is 1.76. The number of benzene rings is 3. The third-order valence-corrected chi connectivity index (χ3v) is 6.67. The Morgan fingerprint density at radius 1 is 1.12 bits per heavy atom. The average Bonchev–Trinajstić information content (AvgIpc) is 2.85. The molecule has 0 fully saturated rings. The molecule has 3 aromatic rings. The molecule has 0 aliphatic heterocycles. The van der Waals surface area contributed by atoms with E-state index in [-0.39, 0.29) is 24.4 Å². The van der Waals surface area contributed by atoms with Crippen molar-refractivity contribution in [3.8, 4) is 16.9 Å². The highest BCUT2D eigenvalue weighted by atomic mass is 19.1. The quantitative estimate of drug-likeness (QED) is 0.382. The van der Waals surface area contributed by atoms with Gasteiger partial charge in [0.1, 0.15) is 18.2 Å². The number of halogens is 1. The van der Waals surface area contributed by atoms with Crippen LogP contribution in [-0.2, 0) is 29.0 Å². The molecule has 4 rings (SSSR count). The lowest BCUT2D eigenvalue weighted by molar-refractivity contribution is -0.141. The van der Waals surface area contributed by atoms with Gasteiger partial charge in [0.2, 0.25) is 0 Å². The van der Waals surface area contributed by atoms with Crippen LogP contribution in [-0.4, -0.2) is 18.2 Å². The van der Waals surface area contributed by atoms with Crippen LogP contribution in [0.4, 0.5) is 4.39 Å². The first-order chi connectivity index (χ1) is 16.4. The summed E-state index contributed by atoms with van der Waals surface area (Å²) in [5.74, 6) is -0.740. The van der Waals surface area contributed by atoms with Crippen molar-refractivity contribution in [1.82, 2.24) is 0 Å². The highest BCUT2D eigenvalue weighted by Crippen LogP contribution is 2.35. The van der Waals surface area contributed by atoms with Crippen LogP contribution in [0.1, 0.15) is 54.5 Å². The van der Waals surface area contributed by atoms with Gasteiger partial charge in [-0.15, -0.1) is 0 Å². The molecular weight excluding hydrogens is 431 g/mol. The molecule has 34 heavy (non-hydrogen) atoms. The number of hydrogen-bond acceptors (Lipinski definition) is 3. The maximum atomic E-state index is 14.1. The van der Waals surface area contributed by atoms with E-state index in [1.165, 1.54) is 23.3 Å². The van der Waals surface area contributed by atoms with E-state index in [4.69, 9.17) is 14.6 Å². The molecule has 0 amide bonds. The molecule has 0 saturated carbocycles. The van der Waals surface area contributed by atoms with Gasteiger partial charge in [0.05, 0.1) is 12.0 Å². The minimum atomic E-state index is -0.775. The van der Waals surface area contributed by atoms with Crippen molar-refractivity contribution in [1.29, 1.82) is 0 Å². The zero-order valence-electron chi connectivity index (χ0n) is 19.7. The SMILES string of the molecule is COC1CCCc2cc(-c3ccc(F)cc3COc3ccc(CCC(C)C(=O)O)cc3)ccc21. The Morgan fingerprint density at radius 2 is 1.91 bits per heavy atom. The molecule has 5 heteroatoms. The topological polar surface area (TPSA) is 55.8 Å².